The standard InChI is InChI=1S/C40H103N8O9P3Si6.9CH2O/c1-19-49-64(50-20-2,51-21-3)36-29-32-42-59(44-39-63(16,17)18)46-58(34-38-62(13,14)15,41-31-28-35-61(10,11)12)47-60(48-59,45-40-66(55-25-7,56-26-8)57-27-9)43-33-30-37-65(52-22-4,53-23-5)54-24-6;9*1-2/h41-45H,19-40H2,1-18H3;9*1H2. The second-order valence-electron chi connectivity index (χ2n) is 20.0. The van der Waals surface area contributed by atoms with Crippen molar-refractivity contribution >= 4 is 134 Å². The van der Waals surface area contributed by atoms with Crippen molar-refractivity contribution in [2.75, 3.05) is 97.6 Å². The summed E-state index contributed by atoms with van der Waals surface area (Å²) in [6.07, 6.45) is 4.63. The minimum atomic E-state index is -3.24. The van der Waals surface area contributed by atoms with Crippen molar-refractivity contribution < 1.29 is 83.0 Å². The molecule has 3 atom stereocenters. The van der Waals surface area contributed by atoms with Crippen LogP contribution in [0.1, 0.15) is 81.6 Å². The highest BCUT2D eigenvalue weighted by molar-refractivity contribution is 7.84. The molecule has 26 nitrogen and oxygen atoms in total. The van der Waals surface area contributed by atoms with E-state index in [-0.39, 0.29) is 0 Å². The third-order valence-electron chi connectivity index (χ3n) is 10.1. The summed E-state index contributed by atoms with van der Waals surface area (Å²) in [5, 5.41) is 20.4. The molecule has 1 aliphatic heterocycles. The van der Waals surface area contributed by atoms with Gasteiger partial charge in [-0.15, -0.1) is 0 Å². The lowest BCUT2D eigenvalue weighted by Crippen LogP contribution is -2.54. The maximum Gasteiger partial charge on any atom is 0.515 e. The van der Waals surface area contributed by atoms with Gasteiger partial charge in [0, 0.05) is 113 Å². The lowest BCUT2D eigenvalue weighted by Gasteiger charge is -2.40. The van der Waals surface area contributed by atoms with E-state index in [2.05, 4.69) is 84.4 Å². The van der Waals surface area contributed by atoms with Gasteiger partial charge in [0.1, 0.15) is 68.5 Å². The Bertz CT molecular complexity index is 1610. The lowest BCUT2D eigenvalue weighted by molar-refractivity contribution is -0.0987. The quantitative estimate of drug-likeness (QED) is 0.0216. The molecule has 3 unspecified atom stereocenters. The molecule has 0 aromatic heterocycles. The Kier molecular flexibility index (Phi) is 76.1. The summed E-state index contributed by atoms with van der Waals surface area (Å²) in [6, 6.07) is 3.65. The van der Waals surface area contributed by atoms with Crippen molar-refractivity contribution in [2.24, 2.45) is 13.5 Å². The highest BCUT2D eigenvalue weighted by atomic mass is 31.3. The maximum absolute atomic E-state index is 8.00. The Balaban J connectivity index is -0.000000405. The maximum atomic E-state index is 8.00. The molecule has 0 radical (unpaired) electrons. The van der Waals surface area contributed by atoms with E-state index in [1.165, 1.54) is 6.04 Å². The van der Waals surface area contributed by atoms with Gasteiger partial charge in [-0.25, -0.2) is 5.09 Å². The second kappa shape index (κ2) is 63.0. The van der Waals surface area contributed by atoms with Crippen LogP contribution in [0.2, 0.25) is 83.1 Å². The fourth-order valence-corrected chi connectivity index (χ4v) is 35.3. The molecule has 35 heteroatoms. The van der Waals surface area contributed by atoms with E-state index in [0.717, 1.165) is 44.2 Å². The van der Waals surface area contributed by atoms with Crippen LogP contribution >= 0.6 is 22.4 Å². The highest BCUT2D eigenvalue weighted by Gasteiger charge is 2.46. The summed E-state index contributed by atoms with van der Waals surface area (Å²) in [7, 11) is -22.3. The largest absolute Gasteiger partial charge is 0.515 e. The van der Waals surface area contributed by atoms with Crippen molar-refractivity contribution in [1.29, 1.82) is 0 Å². The van der Waals surface area contributed by atoms with E-state index >= 15 is 0 Å². The van der Waals surface area contributed by atoms with Crippen LogP contribution in [0.5, 0.6) is 0 Å². The average molecular weight is 1370 g/mol. The smallest absolute Gasteiger partial charge is 0.374 e. The zero-order chi connectivity index (χ0) is 68.1. The molecule has 0 bridgehead atoms. The summed E-state index contributed by atoms with van der Waals surface area (Å²) < 4.78 is 75.5. The van der Waals surface area contributed by atoms with Crippen molar-refractivity contribution in [2.45, 2.75) is 165 Å². The van der Waals surface area contributed by atoms with E-state index in [4.69, 9.17) is 96.5 Å². The molecule has 1 rings (SSSR count). The normalized spacial score (nSPS) is 17.1. The number of hydrogen-bond acceptors (Lipinski definition) is 26. The van der Waals surface area contributed by atoms with Gasteiger partial charge < -0.3 is 83.0 Å². The van der Waals surface area contributed by atoms with Gasteiger partial charge in [-0.1, -0.05) is 65.0 Å². The van der Waals surface area contributed by atoms with E-state index in [9.17, 15) is 0 Å². The molecule has 0 aliphatic carbocycles. The van der Waals surface area contributed by atoms with Gasteiger partial charge in [-0.3, -0.25) is 20.3 Å². The summed E-state index contributed by atoms with van der Waals surface area (Å²) in [5.41, 5.74) is 0. The Labute approximate surface area is 515 Å². The zero-order valence-electron chi connectivity index (χ0n) is 55.5. The second-order valence-corrected chi connectivity index (χ2v) is 52.8. The molecular weight excluding hydrogens is 1250 g/mol. The number of nitrogens with zero attached hydrogens (tertiary/aromatic N) is 3. The first-order valence-corrected chi connectivity index (χ1v) is 50.1. The van der Waals surface area contributed by atoms with Crippen molar-refractivity contribution in [3.8, 4) is 0 Å². The fraction of sp³-hybridized carbons (Fsp3) is 0.816. The first-order chi connectivity index (χ1) is 39.9. The van der Waals surface area contributed by atoms with Crippen LogP contribution in [0.15, 0.2) is 13.5 Å². The Morgan fingerprint density at radius 1 is 0.298 bits per heavy atom. The molecule has 0 amide bonds. The van der Waals surface area contributed by atoms with Gasteiger partial charge in [0.25, 0.3) is 0 Å². The predicted molar refractivity (Wildman–Crippen MR) is 362 cm³/mol. The number of carbonyl (C=O) groups excluding carboxylic acids is 9. The molecular formula is C49H121N8O18P3Si6. The first-order valence-electron chi connectivity index (χ1n) is 27.9. The van der Waals surface area contributed by atoms with Crippen LogP contribution in [-0.4, -0.2) is 209 Å². The van der Waals surface area contributed by atoms with Gasteiger partial charge in [-0.05, 0) is 93.8 Å². The molecule has 84 heavy (non-hydrogen) atoms. The molecule has 0 aromatic carbocycles. The average Bonchev–Trinajstić information content (AvgIpc) is 3.67. The van der Waals surface area contributed by atoms with Crippen molar-refractivity contribution in [3.63, 3.8) is 0 Å². The molecule has 0 fully saturated rings. The molecule has 1 aliphatic rings. The van der Waals surface area contributed by atoms with Crippen molar-refractivity contribution in [3.05, 3.63) is 0 Å². The SMILES string of the molecule is C=O.C=O.C=O.C=O.C=O.C=O.C=O.C=O.C=O.CCO[Si](CCCNP1(NC[Si](C)(C)C)=NP(CC[Si](C)(C)C)(NCCC[Si](C)(C)C)=NP(NCCC[Si](OCC)(OCC)OCC)(NC[Si](OCC)(OCC)OCC)=N1)(OCC)OCC. The van der Waals surface area contributed by atoms with Crippen molar-refractivity contribution in [1.82, 2.24) is 25.4 Å². The minimum Gasteiger partial charge on any atom is -0.374 e. The Morgan fingerprint density at radius 2 is 0.560 bits per heavy atom. The van der Waals surface area contributed by atoms with Gasteiger partial charge >= 0.3 is 26.4 Å². The number of nitrogens with one attached hydrogen (secondary N) is 5. The molecule has 0 spiro atoms. The zero-order valence-corrected chi connectivity index (χ0v) is 64.1. The number of rotatable bonds is 42. The van der Waals surface area contributed by atoms with Crippen LogP contribution in [0.4, 0.5) is 0 Å². The fourth-order valence-electron chi connectivity index (χ4n) is 7.21. The van der Waals surface area contributed by atoms with E-state index in [1.54, 1.807) is 0 Å². The third kappa shape index (κ3) is 50.3. The van der Waals surface area contributed by atoms with Gasteiger partial charge in [0.05, 0.1) is 14.2 Å². The molecule has 5 N–H and O–H groups in total. The van der Waals surface area contributed by atoms with Gasteiger partial charge in [0.2, 0.25) is 15.0 Å². The summed E-state index contributed by atoms with van der Waals surface area (Å²) in [4.78, 5) is 72.0. The van der Waals surface area contributed by atoms with Gasteiger partial charge in [-0.2, -0.15) is 13.5 Å². The minimum absolute atomic E-state index is 0.342. The van der Waals surface area contributed by atoms with E-state index in [1.807, 2.05) is 123 Å². The summed E-state index contributed by atoms with van der Waals surface area (Å²) >= 11 is 0. The highest BCUT2D eigenvalue weighted by Crippen LogP contribution is 2.72. The molecule has 1 heterocycles. The number of hydrogen-bond donors (Lipinski definition) is 5. The van der Waals surface area contributed by atoms with Crippen LogP contribution in [0.25, 0.3) is 0 Å². The molecule has 504 valence electrons. The first kappa shape index (κ1) is 101. The Hall–Kier alpha value is -1.54. The van der Waals surface area contributed by atoms with Crippen LogP contribution < -0.4 is 25.4 Å². The van der Waals surface area contributed by atoms with E-state index < -0.39 is 73.0 Å². The van der Waals surface area contributed by atoms with Crippen LogP contribution in [0, 0.1) is 0 Å². The topological polar surface area (TPSA) is 334 Å². The molecule has 0 aromatic rings. The van der Waals surface area contributed by atoms with Gasteiger partial charge in [0.15, 0.2) is 0 Å². The molecule has 0 saturated heterocycles. The monoisotopic (exact) mass is 1370 g/mol. The van der Waals surface area contributed by atoms with Crippen LogP contribution in [-0.2, 0) is 83.0 Å². The number of carbonyl (C=O) groups is 9. The Morgan fingerprint density at radius 3 is 0.845 bits per heavy atom. The lowest BCUT2D eigenvalue weighted by atomic mass is 10.5. The molecule has 0 saturated carbocycles. The summed E-state index contributed by atoms with van der Waals surface area (Å²) in [5.74, 6) is 0. The van der Waals surface area contributed by atoms with Crippen LogP contribution in [0.3, 0.4) is 0 Å². The predicted octanol–water partition coefficient (Wildman–Crippen LogP) is 9.62. The summed E-state index contributed by atoms with van der Waals surface area (Å²) in [6.45, 7) is 64.7. The van der Waals surface area contributed by atoms with E-state index in [0.29, 0.717) is 90.8 Å². The third-order valence-corrected chi connectivity index (χ3v) is 35.6.